The highest BCUT2D eigenvalue weighted by molar-refractivity contribution is 9.10. The van der Waals surface area contributed by atoms with E-state index in [2.05, 4.69) is 33.1 Å². The number of carbonyl (C=O) groups excluding carboxylic acids is 1. The fourth-order valence-corrected chi connectivity index (χ4v) is 2.92. The number of nitrogens with zero attached hydrogens (tertiary/aromatic N) is 2. The van der Waals surface area contributed by atoms with Crippen LogP contribution in [0.15, 0.2) is 16.7 Å². The smallest absolute Gasteiger partial charge is 0.267 e. The van der Waals surface area contributed by atoms with Gasteiger partial charge >= 0.3 is 0 Å². The molecule has 18 heavy (non-hydrogen) atoms. The molecule has 1 aliphatic heterocycles. The maximum absolute atomic E-state index is 12.0. The van der Waals surface area contributed by atoms with Crippen LogP contribution in [0.5, 0.6) is 0 Å². The van der Waals surface area contributed by atoms with E-state index in [0.29, 0.717) is 18.3 Å². The fourth-order valence-electron chi connectivity index (χ4n) is 2.39. The van der Waals surface area contributed by atoms with Crippen molar-refractivity contribution in [1.82, 2.24) is 14.8 Å². The number of nitrogens with one attached hydrogen (secondary N) is 1. The minimum absolute atomic E-state index is 0.00533. The van der Waals surface area contributed by atoms with Crippen LogP contribution >= 0.6 is 15.9 Å². The number of halogens is 1. The van der Waals surface area contributed by atoms with Gasteiger partial charge in [0.05, 0.1) is 0 Å². The van der Waals surface area contributed by atoms with Crippen molar-refractivity contribution in [2.24, 2.45) is 7.05 Å². The molecule has 1 saturated heterocycles. The van der Waals surface area contributed by atoms with Crippen LogP contribution in [-0.2, 0) is 7.05 Å². The summed E-state index contributed by atoms with van der Waals surface area (Å²) in [7, 11) is 1.88. The number of amides is 1. The van der Waals surface area contributed by atoms with E-state index in [1.165, 1.54) is 12.8 Å². The second-order valence-electron chi connectivity index (χ2n) is 4.96. The summed E-state index contributed by atoms with van der Waals surface area (Å²) < 4.78 is 2.77. The lowest BCUT2D eigenvalue weighted by molar-refractivity contribution is 0.0932. The first-order valence-corrected chi connectivity index (χ1v) is 7.21. The molecule has 0 spiro atoms. The molecule has 0 bridgehead atoms. The minimum atomic E-state index is -0.00533. The highest BCUT2D eigenvalue weighted by atomic mass is 79.9. The van der Waals surface area contributed by atoms with Gasteiger partial charge in [0.15, 0.2) is 0 Å². The SMILES string of the molecule is CC(CNC(=O)c1cc(Br)cn1C)N1CCCC1. The highest BCUT2D eigenvalue weighted by Gasteiger charge is 2.19. The van der Waals surface area contributed by atoms with Gasteiger partial charge in [0.1, 0.15) is 5.69 Å². The van der Waals surface area contributed by atoms with Crippen LogP contribution in [0.3, 0.4) is 0 Å². The summed E-state index contributed by atoms with van der Waals surface area (Å²) >= 11 is 3.38. The van der Waals surface area contributed by atoms with E-state index in [-0.39, 0.29) is 5.91 Å². The summed E-state index contributed by atoms with van der Waals surface area (Å²) in [6, 6.07) is 2.26. The Kier molecular flexibility index (Phi) is 4.45. The molecule has 100 valence electrons. The molecule has 1 fully saturated rings. The van der Waals surface area contributed by atoms with E-state index >= 15 is 0 Å². The van der Waals surface area contributed by atoms with E-state index in [4.69, 9.17) is 0 Å². The van der Waals surface area contributed by atoms with Crippen molar-refractivity contribution in [2.75, 3.05) is 19.6 Å². The normalized spacial score (nSPS) is 17.9. The Hall–Kier alpha value is -0.810. The minimum Gasteiger partial charge on any atom is -0.349 e. The lowest BCUT2D eigenvalue weighted by Gasteiger charge is -2.23. The summed E-state index contributed by atoms with van der Waals surface area (Å²) in [5.74, 6) is -0.00533. The molecule has 2 rings (SSSR count). The average Bonchev–Trinajstić information content (AvgIpc) is 2.95. The summed E-state index contributed by atoms with van der Waals surface area (Å²) in [6.45, 7) is 5.20. The van der Waals surface area contributed by atoms with Crippen LogP contribution in [0.1, 0.15) is 30.3 Å². The Morgan fingerprint density at radius 2 is 2.17 bits per heavy atom. The van der Waals surface area contributed by atoms with Gasteiger partial charge in [0, 0.05) is 30.3 Å². The van der Waals surface area contributed by atoms with Crippen LogP contribution < -0.4 is 5.32 Å². The molecule has 1 aromatic heterocycles. The molecule has 4 nitrogen and oxygen atoms in total. The molecular weight excluding hydrogens is 294 g/mol. The molecule has 0 aliphatic carbocycles. The van der Waals surface area contributed by atoms with Crippen LogP contribution in [0.2, 0.25) is 0 Å². The molecule has 2 heterocycles. The Labute approximate surface area is 116 Å². The van der Waals surface area contributed by atoms with E-state index in [0.717, 1.165) is 17.6 Å². The molecule has 1 aromatic rings. The molecule has 0 saturated carbocycles. The highest BCUT2D eigenvalue weighted by Crippen LogP contribution is 2.14. The molecular formula is C13H20BrN3O. The van der Waals surface area contributed by atoms with Crippen molar-refractivity contribution in [3.63, 3.8) is 0 Å². The van der Waals surface area contributed by atoms with Gasteiger partial charge in [-0.25, -0.2) is 0 Å². The van der Waals surface area contributed by atoms with Crippen molar-refractivity contribution < 1.29 is 4.79 Å². The fraction of sp³-hybridized carbons (Fsp3) is 0.615. The van der Waals surface area contributed by atoms with Crippen LogP contribution in [-0.4, -0.2) is 41.1 Å². The van der Waals surface area contributed by atoms with E-state index in [1.807, 2.05) is 23.9 Å². The third-order valence-electron chi connectivity index (χ3n) is 3.53. The zero-order valence-corrected chi connectivity index (χ0v) is 12.5. The lowest BCUT2D eigenvalue weighted by atomic mass is 10.3. The van der Waals surface area contributed by atoms with Crippen molar-refractivity contribution in [3.05, 3.63) is 22.4 Å². The monoisotopic (exact) mass is 313 g/mol. The number of hydrogen-bond acceptors (Lipinski definition) is 2. The van der Waals surface area contributed by atoms with Gasteiger partial charge in [0.25, 0.3) is 5.91 Å². The molecule has 1 aliphatic rings. The van der Waals surface area contributed by atoms with Crippen molar-refractivity contribution >= 4 is 21.8 Å². The van der Waals surface area contributed by atoms with Gasteiger partial charge in [-0.05, 0) is 54.9 Å². The largest absolute Gasteiger partial charge is 0.349 e. The molecule has 1 amide bonds. The molecule has 1 N–H and O–H groups in total. The number of rotatable bonds is 4. The van der Waals surface area contributed by atoms with Crippen molar-refractivity contribution in [2.45, 2.75) is 25.8 Å². The van der Waals surface area contributed by atoms with Crippen LogP contribution in [0.25, 0.3) is 0 Å². The average molecular weight is 314 g/mol. The predicted octanol–water partition coefficient (Wildman–Crippen LogP) is 2.00. The van der Waals surface area contributed by atoms with Crippen LogP contribution in [0, 0.1) is 0 Å². The van der Waals surface area contributed by atoms with Gasteiger partial charge in [-0.3, -0.25) is 9.69 Å². The number of aryl methyl sites for hydroxylation is 1. The maximum Gasteiger partial charge on any atom is 0.267 e. The third-order valence-corrected chi connectivity index (χ3v) is 3.96. The Bertz CT molecular complexity index is 424. The summed E-state index contributed by atoms with van der Waals surface area (Å²) in [5, 5.41) is 3.01. The second-order valence-corrected chi connectivity index (χ2v) is 5.87. The Morgan fingerprint density at radius 3 is 2.72 bits per heavy atom. The van der Waals surface area contributed by atoms with Gasteiger partial charge in [-0.2, -0.15) is 0 Å². The second kappa shape index (κ2) is 5.89. The standard InChI is InChI=1S/C13H20BrN3O/c1-10(17-5-3-4-6-17)8-15-13(18)12-7-11(14)9-16(12)2/h7,9-10H,3-6,8H2,1-2H3,(H,15,18). The molecule has 0 aromatic carbocycles. The van der Waals surface area contributed by atoms with Gasteiger partial charge in [-0.15, -0.1) is 0 Å². The zero-order valence-electron chi connectivity index (χ0n) is 10.9. The van der Waals surface area contributed by atoms with E-state index in [1.54, 1.807) is 0 Å². The number of aromatic nitrogens is 1. The van der Waals surface area contributed by atoms with Gasteiger partial charge in [0.2, 0.25) is 0 Å². The third kappa shape index (κ3) is 3.14. The van der Waals surface area contributed by atoms with Gasteiger partial charge < -0.3 is 9.88 Å². The summed E-state index contributed by atoms with van der Waals surface area (Å²) in [4.78, 5) is 14.5. The number of hydrogen-bond donors (Lipinski definition) is 1. The zero-order chi connectivity index (χ0) is 13.1. The summed E-state index contributed by atoms with van der Waals surface area (Å²) in [6.07, 6.45) is 4.45. The van der Waals surface area contributed by atoms with E-state index < -0.39 is 0 Å². The quantitative estimate of drug-likeness (QED) is 0.923. The maximum atomic E-state index is 12.0. The Morgan fingerprint density at radius 1 is 1.50 bits per heavy atom. The van der Waals surface area contributed by atoms with Gasteiger partial charge in [-0.1, -0.05) is 0 Å². The first-order chi connectivity index (χ1) is 8.58. The molecule has 5 heteroatoms. The lowest BCUT2D eigenvalue weighted by Crippen LogP contribution is -2.41. The molecule has 1 atom stereocenters. The first kappa shape index (κ1) is 13.6. The number of likely N-dealkylation sites (tertiary alicyclic amines) is 1. The Balaban J connectivity index is 1.86. The molecule has 1 unspecified atom stereocenters. The predicted molar refractivity (Wildman–Crippen MR) is 75.7 cm³/mol. The summed E-state index contributed by atoms with van der Waals surface area (Å²) in [5.41, 5.74) is 0.690. The van der Waals surface area contributed by atoms with Crippen molar-refractivity contribution in [3.8, 4) is 0 Å². The topological polar surface area (TPSA) is 37.3 Å². The molecule has 0 radical (unpaired) electrons. The number of carbonyl (C=O) groups is 1. The first-order valence-electron chi connectivity index (χ1n) is 6.42. The van der Waals surface area contributed by atoms with E-state index in [9.17, 15) is 4.79 Å². The van der Waals surface area contributed by atoms with Crippen LogP contribution in [0.4, 0.5) is 0 Å². The van der Waals surface area contributed by atoms with Crippen molar-refractivity contribution in [1.29, 1.82) is 0 Å².